The van der Waals surface area contributed by atoms with E-state index in [0.29, 0.717) is 10.8 Å². The number of alkyl halides is 3. The normalized spacial score (nSPS) is 20.1. The summed E-state index contributed by atoms with van der Waals surface area (Å²) in [6.07, 6.45) is -1.69. The fraction of sp³-hybridized carbons (Fsp3) is 0.360. The topological polar surface area (TPSA) is 62.2 Å². The zero-order valence-electron chi connectivity index (χ0n) is 18.9. The van der Waals surface area contributed by atoms with Gasteiger partial charge in [-0.1, -0.05) is 41.9 Å². The molecule has 2 amide bonds. The minimum absolute atomic E-state index is 0.0935. The summed E-state index contributed by atoms with van der Waals surface area (Å²) in [5.74, 6) is 0.305. The summed E-state index contributed by atoms with van der Waals surface area (Å²) in [4.78, 5) is 14.5. The second kappa shape index (κ2) is 9.54. The maximum atomic E-state index is 13.1. The van der Waals surface area contributed by atoms with E-state index in [1.165, 1.54) is 4.90 Å². The van der Waals surface area contributed by atoms with Gasteiger partial charge in [0, 0.05) is 29.6 Å². The van der Waals surface area contributed by atoms with Crippen LogP contribution in [0, 0.1) is 0 Å². The minimum atomic E-state index is -4.32. The van der Waals surface area contributed by atoms with E-state index in [4.69, 9.17) is 16.7 Å². The molecule has 0 radical (unpaired) electrons. The van der Waals surface area contributed by atoms with E-state index in [1.54, 1.807) is 28.9 Å². The molecule has 2 N–H and O–H groups in total. The van der Waals surface area contributed by atoms with Crippen LogP contribution in [0.25, 0.3) is 5.69 Å². The third kappa shape index (κ3) is 5.31. The number of rotatable bonds is 5. The van der Waals surface area contributed by atoms with Crippen molar-refractivity contribution in [3.8, 4) is 5.69 Å². The van der Waals surface area contributed by atoms with Crippen LogP contribution in [-0.4, -0.2) is 52.6 Å². The highest BCUT2D eigenvalue weighted by atomic mass is 35.5. The van der Waals surface area contributed by atoms with Gasteiger partial charge in [0.25, 0.3) is 0 Å². The van der Waals surface area contributed by atoms with Crippen molar-refractivity contribution >= 4 is 23.4 Å². The smallest absolute Gasteiger partial charge is 0.333 e. The van der Waals surface area contributed by atoms with E-state index in [0.717, 1.165) is 41.8 Å². The van der Waals surface area contributed by atoms with Crippen molar-refractivity contribution in [1.29, 1.82) is 0 Å². The highest BCUT2D eigenvalue weighted by molar-refractivity contribution is 6.30. The predicted molar refractivity (Wildman–Crippen MR) is 128 cm³/mol. The van der Waals surface area contributed by atoms with Crippen LogP contribution in [-0.2, 0) is 12.8 Å². The molecule has 35 heavy (non-hydrogen) atoms. The van der Waals surface area contributed by atoms with Crippen molar-refractivity contribution in [3.63, 3.8) is 0 Å². The second-order valence-corrected chi connectivity index (χ2v) is 9.48. The predicted octanol–water partition coefficient (Wildman–Crippen LogP) is 5.17. The summed E-state index contributed by atoms with van der Waals surface area (Å²) in [6.45, 7) is -0.745. The summed E-state index contributed by atoms with van der Waals surface area (Å²) >= 11 is 6.00. The van der Waals surface area contributed by atoms with Gasteiger partial charge < -0.3 is 5.32 Å². The summed E-state index contributed by atoms with van der Waals surface area (Å²) in [5, 5.41) is 11.1. The van der Waals surface area contributed by atoms with E-state index in [2.05, 4.69) is 10.6 Å². The van der Waals surface area contributed by atoms with E-state index in [1.807, 2.05) is 30.3 Å². The fourth-order valence-electron chi connectivity index (χ4n) is 5.05. The average Bonchev–Trinajstić information content (AvgIpc) is 3.50. The molecule has 184 valence electrons. The SMILES string of the molecule is O=C(Nc1c2c(nn1-c1ccccc1)CCC2)NC1CN(CC(F)(F)F)CC1c1ccc(Cl)cc1. The van der Waals surface area contributed by atoms with Crippen LogP contribution in [0.5, 0.6) is 0 Å². The van der Waals surface area contributed by atoms with Gasteiger partial charge in [0.2, 0.25) is 0 Å². The lowest BCUT2D eigenvalue weighted by Gasteiger charge is -2.21. The first-order valence-corrected chi connectivity index (χ1v) is 11.9. The summed E-state index contributed by atoms with van der Waals surface area (Å²) in [7, 11) is 0. The maximum Gasteiger partial charge on any atom is 0.401 e. The number of aromatic nitrogens is 2. The van der Waals surface area contributed by atoms with Gasteiger partial charge in [0.05, 0.1) is 24.0 Å². The van der Waals surface area contributed by atoms with Crippen LogP contribution in [0.15, 0.2) is 54.6 Å². The maximum absolute atomic E-state index is 13.1. The third-order valence-electron chi connectivity index (χ3n) is 6.55. The highest BCUT2D eigenvalue weighted by Crippen LogP contribution is 2.33. The number of halogens is 4. The number of carbonyl (C=O) groups is 1. The number of urea groups is 1. The molecule has 6 nitrogen and oxygen atoms in total. The number of nitrogens with one attached hydrogen (secondary N) is 2. The molecule has 5 rings (SSSR count). The summed E-state index contributed by atoms with van der Waals surface area (Å²) < 4.78 is 41.0. The number of hydrogen-bond acceptors (Lipinski definition) is 3. The minimum Gasteiger partial charge on any atom is -0.333 e. The van der Waals surface area contributed by atoms with Crippen LogP contribution in [0.4, 0.5) is 23.8 Å². The van der Waals surface area contributed by atoms with Gasteiger partial charge in [-0.25, -0.2) is 9.48 Å². The second-order valence-electron chi connectivity index (χ2n) is 9.05. The molecule has 1 aliphatic heterocycles. The van der Waals surface area contributed by atoms with Crippen LogP contribution >= 0.6 is 11.6 Å². The molecule has 1 aliphatic carbocycles. The Morgan fingerprint density at radius 2 is 1.80 bits per heavy atom. The zero-order valence-corrected chi connectivity index (χ0v) is 19.6. The van der Waals surface area contributed by atoms with Gasteiger partial charge in [0.15, 0.2) is 0 Å². The number of benzene rings is 2. The molecule has 1 aromatic heterocycles. The number of para-hydroxylation sites is 1. The standard InChI is InChI=1S/C25H25ClF3N5O/c26-17-11-9-16(10-12-17)20-13-33(15-25(27,28)29)14-22(20)30-24(35)31-23-19-7-4-8-21(19)32-34(23)18-5-2-1-3-6-18/h1-3,5-6,9-12,20,22H,4,7-8,13-15H2,(H2,30,31,35). The van der Waals surface area contributed by atoms with Crippen LogP contribution in [0.1, 0.15) is 29.2 Å². The summed E-state index contributed by atoms with van der Waals surface area (Å²) in [5.41, 5.74) is 3.62. The Hall–Kier alpha value is -3.04. The molecule has 10 heteroatoms. The fourth-order valence-corrected chi connectivity index (χ4v) is 5.18. The molecule has 1 saturated heterocycles. The van der Waals surface area contributed by atoms with E-state index in [9.17, 15) is 18.0 Å². The quantitative estimate of drug-likeness (QED) is 0.505. The van der Waals surface area contributed by atoms with Gasteiger partial charge in [-0.05, 0) is 49.1 Å². The first-order valence-electron chi connectivity index (χ1n) is 11.5. The molecule has 2 aromatic carbocycles. The Morgan fingerprint density at radius 1 is 1.06 bits per heavy atom. The van der Waals surface area contributed by atoms with Gasteiger partial charge in [-0.3, -0.25) is 10.2 Å². The molecule has 2 unspecified atom stereocenters. The zero-order chi connectivity index (χ0) is 24.6. The molecule has 1 fully saturated rings. The van der Waals surface area contributed by atoms with Gasteiger partial charge in [-0.2, -0.15) is 18.3 Å². The number of fused-ring (bicyclic) bond motifs is 1. The Labute approximate surface area is 206 Å². The molecule has 2 aliphatic rings. The lowest BCUT2D eigenvalue weighted by Crippen LogP contribution is -2.43. The monoisotopic (exact) mass is 503 g/mol. The van der Waals surface area contributed by atoms with Gasteiger partial charge in [0.1, 0.15) is 5.82 Å². The Balaban J connectivity index is 1.37. The number of amides is 2. The molecular formula is C25H25ClF3N5O. The Kier molecular flexibility index (Phi) is 6.46. The average molecular weight is 504 g/mol. The molecule has 2 atom stereocenters. The van der Waals surface area contributed by atoms with Crippen molar-refractivity contribution in [3.05, 3.63) is 76.4 Å². The lowest BCUT2D eigenvalue weighted by atomic mass is 9.94. The molecular weight excluding hydrogens is 479 g/mol. The molecule has 0 bridgehead atoms. The van der Waals surface area contributed by atoms with Gasteiger partial charge >= 0.3 is 12.2 Å². The van der Waals surface area contributed by atoms with Crippen molar-refractivity contribution in [2.75, 3.05) is 25.0 Å². The number of aryl methyl sites for hydroxylation is 1. The van der Waals surface area contributed by atoms with Crippen LogP contribution < -0.4 is 10.6 Å². The molecule has 3 aromatic rings. The van der Waals surface area contributed by atoms with E-state index >= 15 is 0 Å². The molecule has 2 heterocycles. The third-order valence-corrected chi connectivity index (χ3v) is 6.80. The Bertz CT molecular complexity index is 1200. The number of carbonyl (C=O) groups excluding carboxylic acids is 1. The first kappa shape index (κ1) is 23.7. The number of likely N-dealkylation sites (tertiary alicyclic amines) is 1. The number of anilines is 1. The summed E-state index contributed by atoms with van der Waals surface area (Å²) in [6, 6.07) is 15.6. The van der Waals surface area contributed by atoms with Crippen molar-refractivity contribution in [2.24, 2.45) is 0 Å². The largest absolute Gasteiger partial charge is 0.401 e. The van der Waals surface area contributed by atoms with E-state index in [-0.39, 0.29) is 19.0 Å². The van der Waals surface area contributed by atoms with Crippen molar-refractivity contribution in [2.45, 2.75) is 37.4 Å². The lowest BCUT2D eigenvalue weighted by molar-refractivity contribution is -0.143. The van der Waals surface area contributed by atoms with Crippen molar-refractivity contribution < 1.29 is 18.0 Å². The van der Waals surface area contributed by atoms with Crippen LogP contribution in [0.2, 0.25) is 5.02 Å². The molecule has 0 spiro atoms. The Morgan fingerprint density at radius 3 is 2.51 bits per heavy atom. The van der Waals surface area contributed by atoms with E-state index < -0.39 is 24.8 Å². The van der Waals surface area contributed by atoms with Crippen LogP contribution in [0.3, 0.4) is 0 Å². The number of nitrogens with zero attached hydrogens (tertiary/aromatic N) is 3. The highest BCUT2D eigenvalue weighted by Gasteiger charge is 2.40. The number of hydrogen-bond donors (Lipinski definition) is 2. The van der Waals surface area contributed by atoms with Crippen molar-refractivity contribution in [1.82, 2.24) is 20.0 Å². The molecule has 0 saturated carbocycles. The van der Waals surface area contributed by atoms with Gasteiger partial charge in [-0.15, -0.1) is 0 Å². The first-order chi connectivity index (χ1) is 16.8.